The van der Waals surface area contributed by atoms with Gasteiger partial charge in [-0.15, -0.1) is 0 Å². The Balaban J connectivity index is 1.98. The van der Waals surface area contributed by atoms with Crippen LogP contribution in [0, 0.1) is 0 Å². The van der Waals surface area contributed by atoms with E-state index >= 15 is 0 Å². The Bertz CT molecular complexity index is 823. The van der Waals surface area contributed by atoms with E-state index in [2.05, 4.69) is 5.32 Å². The van der Waals surface area contributed by atoms with Crippen LogP contribution < -0.4 is 5.32 Å². The van der Waals surface area contributed by atoms with Gasteiger partial charge in [-0.05, 0) is 30.2 Å². The van der Waals surface area contributed by atoms with E-state index in [1.165, 1.54) is 12.1 Å². The molecule has 1 N–H and O–H groups in total. The Kier molecular flexibility index (Phi) is 6.27. The molecule has 0 radical (unpaired) electrons. The molecule has 0 aromatic heterocycles. The molecule has 0 aliphatic carbocycles. The largest absolute Gasteiger partial charge is 0.349 e. The normalized spacial score (nSPS) is 12.6. The highest BCUT2D eigenvalue weighted by Crippen LogP contribution is 2.23. The van der Waals surface area contributed by atoms with E-state index < -0.39 is 21.5 Å². The maximum atomic E-state index is 12.2. The molecule has 1 atom stereocenters. The summed E-state index contributed by atoms with van der Waals surface area (Å²) in [6.07, 6.45) is 0. The Morgan fingerprint density at radius 2 is 1.75 bits per heavy atom. The van der Waals surface area contributed by atoms with Crippen molar-refractivity contribution in [3.63, 3.8) is 0 Å². The van der Waals surface area contributed by atoms with Crippen molar-refractivity contribution >= 4 is 38.9 Å². The van der Waals surface area contributed by atoms with Gasteiger partial charge in [0.25, 0.3) is 0 Å². The fourth-order valence-corrected chi connectivity index (χ4v) is 3.84. The topological polar surface area (TPSA) is 63.2 Å². The van der Waals surface area contributed by atoms with E-state index in [-0.39, 0.29) is 16.8 Å². The molecule has 2 aromatic rings. The Labute approximate surface area is 151 Å². The third kappa shape index (κ3) is 5.51. The zero-order valence-electron chi connectivity index (χ0n) is 13.0. The highest BCUT2D eigenvalue weighted by Gasteiger charge is 2.19. The fraction of sp³-hybridized carbons (Fsp3) is 0.235. The smallest absolute Gasteiger partial charge is 0.235 e. The zero-order chi connectivity index (χ0) is 17.7. The van der Waals surface area contributed by atoms with Gasteiger partial charge in [0, 0.05) is 0 Å². The van der Waals surface area contributed by atoms with Crippen LogP contribution in [0.25, 0.3) is 0 Å². The summed E-state index contributed by atoms with van der Waals surface area (Å²) in [5, 5.41) is 3.33. The zero-order valence-corrected chi connectivity index (χ0v) is 15.3. The summed E-state index contributed by atoms with van der Waals surface area (Å²) < 4.78 is 24.4. The van der Waals surface area contributed by atoms with Crippen molar-refractivity contribution in [2.45, 2.75) is 18.7 Å². The van der Waals surface area contributed by atoms with Gasteiger partial charge in [0.15, 0.2) is 9.84 Å². The van der Waals surface area contributed by atoms with Crippen LogP contribution in [0.4, 0.5) is 0 Å². The lowest BCUT2D eigenvalue weighted by atomic mass is 10.1. The molecule has 2 rings (SSSR count). The molecule has 128 valence electrons. The fourth-order valence-electron chi connectivity index (χ4n) is 2.24. The molecule has 1 unspecified atom stereocenters. The molecule has 0 bridgehead atoms. The number of hydrogen-bond donors (Lipinski definition) is 1. The second-order valence-corrected chi connectivity index (χ2v) is 8.36. The van der Waals surface area contributed by atoms with E-state index in [1.54, 1.807) is 13.0 Å². The first-order valence-corrected chi connectivity index (χ1v) is 9.83. The third-order valence-electron chi connectivity index (χ3n) is 3.40. The number of carbonyl (C=O) groups is 1. The maximum Gasteiger partial charge on any atom is 0.235 e. The summed E-state index contributed by atoms with van der Waals surface area (Å²) in [6.45, 7) is 1.80. The predicted molar refractivity (Wildman–Crippen MR) is 97.0 cm³/mol. The van der Waals surface area contributed by atoms with Crippen LogP contribution in [0.15, 0.2) is 48.5 Å². The first-order chi connectivity index (χ1) is 11.3. The Morgan fingerprint density at radius 1 is 1.08 bits per heavy atom. The number of amides is 1. The summed E-state index contributed by atoms with van der Waals surface area (Å²) in [5.74, 6) is -1.38. The Morgan fingerprint density at radius 3 is 2.38 bits per heavy atom. The van der Waals surface area contributed by atoms with Gasteiger partial charge in [-0.2, -0.15) is 0 Å². The summed E-state index contributed by atoms with van der Waals surface area (Å²) in [7, 11) is -3.61. The number of carbonyl (C=O) groups excluding carboxylic acids is 1. The van der Waals surface area contributed by atoms with Crippen molar-refractivity contribution in [2.75, 3.05) is 5.75 Å². The van der Waals surface area contributed by atoms with E-state index in [0.29, 0.717) is 10.6 Å². The van der Waals surface area contributed by atoms with Crippen molar-refractivity contribution < 1.29 is 13.2 Å². The van der Waals surface area contributed by atoms with E-state index in [9.17, 15) is 13.2 Å². The van der Waals surface area contributed by atoms with Crippen LogP contribution in [0.3, 0.4) is 0 Å². The van der Waals surface area contributed by atoms with Crippen LogP contribution >= 0.6 is 23.2 Å². The lowest BCUT2D eigenvalue weighted by Crippen LogP contribution is -2.32. The van der Waals surface area contributed by atoms with Crippen molar-refractivity contribution in [3.8, 4) is 0 Å². The second-order valence-electron chi connectivity index (χ2n) is 5.48. The number of nitrogens with one attached hydrogen (secondary N) is 1. The lowest BCUT2D eigenvalue weighted by Gasteiger charge is -2.14. The molecule has 0 fully saturated rings. The molecular weight excluding hydrogens is 369 g/mol. The number of halogens is 2. The highest BCUT2D eigenvalue weighted by molar-refractivity contribution is 7.91. The van der Waals surface area contributed by atoms with Crippen molar-refractivity contribution in [1.29, 1.82) is 0 Å². The van der Waals surface area contributed by atoms with Gasteiger partial charge in [0.05, 0.1) is 21.8 Å². The molecule has 1 amide bonds. The van der Waals surface area contributed by atoms with Crippen LogP contribution in [0.5, 0.6) is 0 Å². The van der Waals surface area contributed by atoms with Gasteiger partial charge in [-0.1, -0.05) is 59.6 Å². The highest BCUT2D eigenvalue weighted by atomic mass is 35.5. The molecular formula is C17H17Cl2NO3S. The van der Waals surface area contributed by atoms with Crippen LogP contribution in [0.2, 0.25) is 10.0 Å². The summed E-state index contributed by atoms with van der Waals surface area (Å²) in [6, 6.07) is 13.7. The minimum absolute atomic E-state index is 0.265. The minimum Gasteiger partial charge on any atom is -0.349 e. The molecule has 24 heavy (non-hydrogen) atoms. The number of benzene rings is 2. The Hall–Kier alpha value is -1.56. The monoisotopic (exact) mass is 385 g/mol. The van der Waals surface area contributed by atoms with E-state index in [1.807, 2.05) is 30.3 Å². The lowest BCUT2D eigenvalue weighted by molar-refractivity contribution is -0.119. The molecule has 0 spiro atoms. The maximum absolute atomic E-state index is 12.2. The first kappa shape index (κ1) is 18.8. The standard InChI is InChI=1S/C17H17Cl2NO3S/c1-12(14-5-3-2-4-6-14)20-17(21)11-24(22,23)10-13-7-8-15(18)16(19)9-13/h2-9,12H,10-11H2,1H3,(H,20,21). The molecule has 0 saturated carbocycles. The molecule has 2 aromatic carbocycles. The number of sulfone groups is 1. The molecule has 0 aliphatic heterocycles. The average Bonchev–Trinajstić information content (AvgIpc) is 2.50. The summed E-state index contributed by atoms with van der Waals surface area (Å²) in [5.41, 5.74) is 1.40. The summed E-state index contributed by atoms with van der Waals surface area (Å²) >= 11 is 11.7. The van der Waals surface area contributed by atoms with Gasteiger partial charge in [0.1, 0.15) is 5.75 Å². The van der Waals surface area contributed by atoms with Crippen LogP contribution in [-0.4, -0.2) is 20.1 Å². The van der Waals surface area contributed by atoms with Gasteiger partial charge in [-0.3, -0.25) is 4.79 Å². The third-order valence-corrected chi connectivity index (χ3v) is 5.61. The molecule has 0 saturated heterocycles. The number of rotatable bonds is 6. The first-order valence-electron chi connectivity index (χ1n) is 7.25. The molecule has 0 aliphatic rings. The molecule has 7 heteroatoms. The van der Waals surface area contributed by atoms with Crippen LogP contribution in [-0.2, 0) is 20.4 Å². The minimum atomic E-state index is -3.61. The van der Waals surface area contributed by atoms with Crippen molar-refractivity contribution in [2.24, 2.45) is 0 Å². The SMILES string of the molecule is CC(NC(=O)CS(=O)(=O)Cc1ccc(Cl)c(Cl)c1)c1ccccc1. The van der Waals surface area contributed by atoms with Gasteiger partial charge < -0.3 is 5.32 Å². The van der Waals surface area contributed by atoms with Crippen molar-refractivity contribution in [3.05, 3.63) is 69.7 Å². The number of hydrogen-bond acceptors (Lipinski definition) is 3. The molecule has 4 nitrogen and oxygen atoms in total. The van der Waals surface area contributed by atoms with E-state index in [0.717, 1.165) is 5.56 Å². The summed E-state index contributed by atoms with van der Waals surface area (Å²) in [4.78, 5) is 12.0. The predicted octanol–water partition coefficient (Wildman–Crippen LogP) is 3.79. The average molecular weight is 386 g/mol. The van der Waals surface area contributed by atoms with E-state index in [4.69, 9.17) is 23.2 Å². The van der Waals surface area contributed by atoms with Crippen LogP contribution in [0.1, 0.15) is 24.1 Å². The molecule has 0 heterocycles. The van der Waals surface area contributed by atoms with Gasteiger partial charge in [0.2, 0.25) is 5.91 Å². The second kappa shape index (κ2) is 8.01. The quantitative estimate of drug-likeness (QED) is 0.822. The van der Waals surface area contributed by atoms with Gasteiger partial charge >= 0.3 is 0 Å². The van der Waals surface area contributed by atoms with Gasteiger partial charge in [-0.25, -0.2) is 8.42 Å². The van der Waals surface area contributed by atoms with Crippen molar-refractivity contribution in [1.82, 2.24) is 5.32 Å².